The standard InChI is InChI=1S/C42H47F2N7O4/c1-5-30-33(43)10-7-25-17-28(52)18-31(34(25)30)35-37(44)39-36(32-22-48(2)47-38(32)35)40(51-26-8-9-27(51)20-49(19-26)14-6-16-53-3)46-41(45-39)55-24-42(12-13-42)23-50-15-11-29(21-50)54-4/h1,7,10,17-18,22,26-27,29,52H,6,8-9,11-16,19-21,23-24H2,2-4H3/t26-,27+,29-/m1/s1. The van der Waals surface area contributed by atoms with Gasteiger partial charge in [-0.1, -0.05) is 12.0 Å². The van der Waals surface area contributed by atoms with E-state index in [0.717, 1.165) is 77.8 Å². The van der Waals surface area contributed by atoms with E-state index in [9.17, 15) is 5.11 Å². The van der Waals surface area contributed by atoms with Gasteiger partial charge in [0.15, 0.2) is 5.82 Å². The van der Waals surface area contributed by atoms with E-state index in [1.54, 1.807) is 25.9 Å². The molecule has 3 aromatic carbocycles. The summed E-state index contributed by atoms with van der Waals surface area (Å²) in [7, 11) is 5.28. The molecular weight excluding hydrogens is 705 g/mol. The van der Waals surface area contributed by atoms with Crippen LogP contribution in [0.4, 0.5) is 14.6 Å². The lowest BCUT2D eigenvalue weighted by Crippen LogP contribution is -2.54. The summed E-state index contributed by atoms with van der Waals surface area (Å²) in [6.45, 7) is 6.57. The van der Waals surface area contributed by atoms with Crippen LogP contribution in [0, 0.1) is 29.4 Å². The lowest BCUT2D eigenvalue weighted by Gasteiger charge is -2.42. The van der Waals surface area contributed by atoms with Gasteiger partial charge in [-0.2, -0.15) is 15.1 Å². The number of phenolic OH excluding ortho intramolecular Hbond substituents is 1. The van der Waals surface area contributed by atoms with Crippen LogP contribution in [-0.2, 0) is 16.5 Å². The number of hydrogen-bond donors (Lipinski definition) is 1. The van der Waals surface area contributed by atoms with Gasteiger partial charge in [-0.25, -0.2) is 8.78 Å². The van der Waals surface area contributed by atoms with Crippen LogP contribution in [0.15, 0.2) is 30.5 Å². The molecule has 1 N–H and O–H groups in total. The SMILES string of the molecule is C#Cc1c(F)ccc2cc(O)cc(-c3c(F)c4nc(OCC5(CN6CC[C@@H](OC)C6)CC5)nc(N5[C@@H]6CC[C@H]5CN(CCCOC)C6)c4c4cn(C)nc34)c12. The summed E-state index contributed by atoms with van der Waals surface area (Å²) in [4.78, 5) is 17.3. The Bertz CT molecular complexity index is 2330. The number of benzene rings is 3. The zero-order valence-electron chi connectivity index (χ0n) is 31.7. The first kappa shape index (κ1) is 36.1. The third-order valence-electron chi connectivity index (χ3n) is 12.3. The molecule has 0 radical (unpaired) electrons. The number of aromatic nitrogens is 4. The smallest absolute Gasteiger partial charge is 0.319 e. The number of rotatable bonds is 12. The van der Waals surface area contributed by atoms with Crippen molar-refractivity contribution in [1.29, 1.82) is 0 Å². The van der Waals surface area contributed by atoms with Gasteiger partial charge in [0.2, 0.25) is 0 Å². The summed E-state index contributed by atoms with van der Waals surface area (Å²) in [5.41, 5.74) is 0.685. The van der Waals surface area contributed by atoms with Crippen LogP contribution < -0.4 is 9.64 Å². The molecule has 2 bridgehead atoms. The third kappa shape index (κ3) is 6.43. The predicted octanol–water partition coefficient (Wildman–Crippen LogP) is 5.87. The highest BCUT2D eigenvalue weighted by molar-refractivity contribution is 6.18. The van der Waals surface area contributed by atoms with Crippen LogP contribution in [0.5, 0.6) is 11.8 Å². The second-order valence-corrected chi connectivity index (χ2v) is 16.0. The Balaban J connectivity index is 1.20. The van der Waals surface area contributed by atoms with Crippen molar-refractivity contribution in [3.05, 3.63) is 47.7 Å². The van der Waals surface area contributed by atoms with Crippen LogP contribution >= 0.6 is 0 Å². The number of fused-ring (bicyclic) bond motifs is 6. The minimum Gasteiger partial charge on any atom is -0.508 e. The number of aromatic hydroxyl groups is 1. The molecule has 0 spiro atoms. The molecule has 13 heteroatoms. The molecule has 9 rings (SSSR count). The molecule has 4 fully saturated rings. The largest absolute Gasteiger partial charge is 0.508 e. The Labute approximate surface area is 319 Å². The maximum absolute atomic E-state index is 17.8. The molecule has 5 aromatic rings. The molecule has 0 amide bonds. The number of hydrogen-bond acceptors (Lipinski definition) is 10. The molecule has 1 aliphatic carbocycles. The molecule has 3 saturated heterocycles. The molecule has 11 nitrogen and oxygen atoms in total. The molecule has 4 aliphatic rings. The van der Waals surface area contributed by atoms with E-state index in [1.807, 2.05) is 6.20 Å². The molecule has 3 atom stereocenters. The summed E-state index contributed by atoms with van der Waals surface area (Å²) in [6.07, 6.45) is 14.0. The third-order valence-corrected chi connectivity index (χ3v) is 12.3. The average molecular weight is 752 g/mol. The Hall–Kier alpha value is -4.61. The zero-order chi connectivity index (χ0) is 38.0. The van der Waals surface area contributed by atoms with Crippen molar-refractivity contribution < 1.29 is 28.1 Å². The lowest BCUT2D eigenvalue weighted by molar-refractivity contribution is 0.100. The van der Waals surface area contributed by atoms with Crippen LogP contribution in [0.2, 0.25) is 0 Å². The van der Waals surface area contributed by atoms with Crippen molar-refractivity contribution in [2.24, 2.45) is 12.5 Å². The highest BCUT2D eigenvalue weighted by Crippen LogP contribution is 2.49. The van der Waals surface area contributed by atoms with Crippen molar-refractivity contribution in [3.63, 3.8) is 0 Å². The number of piperazine rings is 1. The number of ether oxygens (including phenoxy) is 3. The van der Waals surface area contributed by atoms with Crippen LogP contribution in [0.3, 0.4) is 0 Å². The van der Waals surface area contributed by atoms with E-state index in [4.69, 9.17) is 35.7 Å². The Morgan fingerprint density at radius 1 is 1.00 bits per heavy atom. The van der Waals surface area contributed by atoms with Crippen LogP contribution in [0.1, 0.15) is 44.1 Å². The van der Waals surface area contributed by atoms with Crippen molar-refractivity contribution >= 4 is 38.4 Å². The number of likely N-dealkylation sites (tertiary alicyclic amines) is 2. The van der Waals surface area contributed by atoms with Crippen molar-refractivity contribution in [2.75, 3.05) is 71.6 Å². The van der Waals surface area contributed by atoms with E-state index in [2.05, 4.69) is 20.6 Å². The Morgan fingerprint density at radius 3 is 2.51 bits per heavy atom. The number of terminal acetylenes is 1. The fourth-order valence-corrected chi connectivity index (χ4v) is 9.48. The van der Waals surface area contributed by atoms with Crippen molar-refractivity contribution in [3.8, 4) is 35.2 Å². The average Bonchev–Trinajstić information content (AvgIpc) is 3.44. The van der Waals surface area contributed by atoms with E-state index in [1.165, 1.54) is 24.3 Å². The molecular formula is C42H47F2N7O4. The highest BCUT2D eigenvalue weighted by Gasteiger charge is 2.47. The number of anilines is 1. The van der Waals surface area contributed by atoms with Crippen LogP contribution in [0.25, 0.3) is 43.7 Å². The summed E-state index contributed by atoms with van der Waals surface area (Å²) >= 11 is 0. The second kappa shape index (κ2) is 14.2. The van der Waals surface area contributed by atoms with E-state index < -0.39 is 11.6 Å². The van der Waals surface area contributed by atoms with Crippen molar-refractivity contribution in [2.45, 2.75) is 56.7 Å². The first-order chi connectivity index (χ1) is 26.7. The van der Waals surface area contributed by atoms with Gasteiger partial charge in [0, 0.05) is 107 Å². The van der Waals surface area contributed by atoms with Gasteiger partial charge < -0.3 is 24.2 Å². The molecule has 1 saturated carbocycles. The minimum atomic E-state index is -0.664. The fraction of sp³-hybridized carbons (Fsp3) is 0.500. The first-order valence-corrected chi connectivity index (χ1v) is 19.4. The molecule has 2 aromatic heterocycles. The quantitative estimate of drug-likeness (QED) is 0.123. The highest BCUT2D eigenvalue weighted by atomic mass is 19.1. The Kier molecular flexibility index (Phi) is 9.28. The molecule has 0 unspecified atom stereocenters. The maximum Gasteiger partial charge on any atom is 0.319 e. The molecule has 3 aliphatic heterocycles. The summed E-state index contributed by atoms with van der Waals surface area (Å²) in [6, 6.07) is 6.16. The number of aryl methyl sites for hydroxylation is 1. The van der Waals surface area contributed by atoms with Gasteiger partial charge in [-0.3, -0.25) is 14.5 Å². The number of phenols is 1. The monoisotopic (exact) mass is 751 g/mol. The number of methoxy groups -OCH3 is 2. The van der Waals surface area contributed by atoms with Gasteiger partial charge in [0.25, 0.3) is 0 Å². The zero-order valence-corrected chi connectivity index (χ0v) is 31.7. The number of nitrogens with zero attached hydrogens (tertiary/aromatic N) is 7. The predicted molar refractivity (Wildman–Crippen MR) is 208 cm³/mol. The van der Waals surface area contributed by atoms with E-state index in [-0.39, 0.29) is 57.6 Å². The van der Waals surface area contributed by atoms with Gasteiger partial charge in [-0.05, 0) is 67.7 Å². The second-order valence-electron chi connectivity index (χ2n) is 16.0. The van der Waals surface area contributed by atoms with Gasteiger partial charge in [-0.15, -0.1) is 6.42 Å². The minimum absolute atomic E-state index is 0.0204. The molecule has 55 heavy (non-hydrogen) atoms. The topological polar surface area (TPSA) is 101 Å². The summed E-state index contributed by atoms with van der Waals surface area (Å²) < 4.78 is 52.2. The normalized spacial score (nSPS) is 22.3. The summed E-state index contributed by atoms with van der Waals surface area (Å²) in [5.74, 6) is 1.71. The maximum atomic E-state index is 17.8. The molecule has 5 heterocycles. The summed E-state index contributed by atoms with van der Waals surface area (Å²) in [5, 5.41) is 17.7. The van der Waals surface area contributed by atoms with Gasteiger partial charge >= 0.3 is 6.01 Å². The lowest BCUT2D eigenvalue weighted by atomic mass is 9.91. The van der Waals surface area contributed by atoms with Gasteiger partial charge in [0.1, 0.15) is 28.4 Å². The van der Waals surface area contributed by atoms with E-state index >= 15 is 8.78 Å². The first-order valence-electron chi connectivity index (χ1n) is 19.4. The van der Waals surface area contributed by atoms with E-state index in [0.29, 0.717) is 46.1 Å². The van der Waals surface area contributed by atoms with Crippen molar-refractivity contribution in [1.82, 2.24) is 29.5 Å². The fourth-order valence-electron chi connectivity index (χ4n) is 9.48. The Morgan fingerprint density at radius 2 is 1.80 bits per heavy atom. The number of halogens is 2. The molecule has 288 valence electrons. The van der Waals surface area contributed by atoms with Crippen LogP contribution in [-0.4, -0.2) is 120 Å². The van der Waals surface area contributed by atoms with Gasteiger partial charge in [0.05, 0.1) is 23.7 Å².